The Labute approximate surface area is 182 Å². The number of hydrogen-bond donors (Lipinski definition) is 3. The number of imidazole rings is 1. The van der Waals surface area contributed by atoms with Crippen molar-refractivity contribution < 1.29 is 10.2 Å². The third kappa shape index (κ3) is 3.62. The highest BCUT2D eigenvalue weighted by Crippen LogP contribution is 2.40. The zero-order valence-corrected chi connectivity index (χ0v) is 17.9. The van der Waals surface area contributed by atoms with Crippen molar-refractivity contribution in [3.05, 3.63) is 68.6 Å². The zero-order valence-electron chi connectivity index (χ0n) is 14.7. The first-order valence-corrected chi connectivity index (χ1v) is 10.00. The third-order valence-electron chi connectivity index (χ3n) is 4.32. The maximum Gasteiger partial charge on any atom is 0.147 e. The van der Waals surface area contributed by atoms with Gasteiger partial charge in [0.1, 0.15) is 21.8 Å². The maximum atomic E-state index is 10.2. The normalized spacial score (nSPS) is 11.2. The number of benzene rings is 3. The molecule has 8 heteroatoms. The molecule has 0 aliphatic rings. The molecule has 0 atom stereocenters. The zero-order chi connectivity index (χ0) is 20.5. The summed E-state index contributed by atoms with van der Waals surface area (Å²) in [6, 6.07) is 16.5. The van der Waals surface area contributed by atoms with Crippen LogP contribution in [0.15, 0.2) is 62.5 Å². The van der Waals surface area contributed by atoms with E-state index in [0.717, 1.165) is 16.6 Å². The fourth-order valence-electron chi connectivity index (χ4n) is 2.85. The Kier molecular flexibility index (Phi) is 5.09. The average molecular weight is 512 g/mol. The highest BCUT2D eigenvalue weighted by atomic mass is 79.9. The number of nitrogens with one attached hydrogen (secondary N) is 1. The number of aliphatic imine (C=N–C) groups is 1. The summed E-state index contributed by atoms with van der Waals surface area (Å²) >= 11 is 6.39. The molecule has 0 fully saturated rings. The van der Waals surface area contributed by atoms with Crippen LogP contribution in [-0.4, -0.2) is 26.4 Å². The first kappa shape index (κ1) is 19.2. The summed E-state index contributed by atoms with van der Waals surface area (Å²) in [5, 5.41) is 29.3. The summed E-state index contributed by atoms with van der Waals surface area (Å²) in [4.78, 5) is 12.2. The monoisotopic (exact) mass is 510 g/mol. The van der Waals surface area contributed by atoms with Crippen molar-refractivity contribution in [2.45, 2.75) is 0 Å². The number of phenols is 2. The number of phenolic OH excluding ortho intramolecular Hbond substituents is 2. The molecule has 0 spiro atoms. The van der Waals surface area contributed by atoms with Gasteiger partial charge in [-0.05, 0) is 68.3 Å². The van der Waals surface area contributed by atoms with E-state index in [1.165, 1.54) is 6.21 Å². The van der Waals surface area contributed by atoms with Crippen LogP contribution in [0.25, 0.3) is 22.4 Å². The second kappa shape index (κ2) is 7.70. The Hall–Kier alpha value is -3.15. The fraction of sp³-hybridized carbons (Fsp3) is 0. The maximum absolute atomic E-state index is 10.2. The molecule has 6 nitrogen and oxygen atoms in total. The van der Waals surface area contributed by atoms with Crippen LogP contribution in [0.5, 0.6) is 11.5 Å². The number of nitrogens with zero attached hydrogens (tertiary/aromatic N) is 3. The van der Waals surface area contributed by atoms with Crippen LogP contribution in [0.4, 0.5) is 5.69 Å². The van der Waals surface area contributed by atoms with Gasteiger partial charge in [0.15, 0.2) is 0 Å². The van der Waals surface area contributed by atoms with Gasteiger partial charge in [0, 0.05) is 17.3 Å². The predicted octanol–water partition coefficient (Wildman–Crippen LogP) is 5.79. The lowest BCUT2D eigenvalue weighted by Gasteiger charge is -2.06. The topological polar surface area (TPSA) is 105 Å². The first-order valence-electron chi connectivity index (χ1n) is 8.41. The van der Waals surface area contributed by atoms with Crippen LogP contribution in [-0.2, 0) is 0 Å². The van der Waals surface area contributed by atoms with Gasteiger partial charge in [-0.1, -0.05) is 12.1 Å². The number of aromatic hydroxyl groups is 2. The van der Waals surface area contributed by atoms with E-state index >= 15 is 0 Å². The van der Waals surface area contributed by atoms with Crippen molar-refractivity contribution in [2.75, 3.05) is 0 Å². The van der Waals surface area contributed by atoms with Crippen LogP contribution in [0, 0.1) is 11.3 Å². The molecule has 0 saturated carbocycles. The van der Waals surface area contributed by atoms with Gasteiger partial charge in [-0.25, -0.2) is 4.98 Å². The lowest BCUT2D eigenvalue weighted by molar-refractivity contribution is 0.442. The van der Waals surface area contributed by atoms with Crippen LogP contribution in [0.3, 0.4) is 0 Å². The Morgan fingerprint density at radius 2 is 1.86 bits per heavy atom. The number of fused-ring (bicyclic) bond motifs is 1. The van der Waals surface area contributed by atoms with Gasteiger partial charge in [0.25, 0.3) is 0 Å². The molecule has 0 unspecified atom stereocenters. The Morgan fingerprint density at radius 1 is 1.07 bits per heavy atom. The Bertz CT molecular complexity index is 1320. The lowest BCUT2D eigenvalue weighted by Crippen LogP contribution is -1.85. The molecule has 1 heterocycles. The number of halogens is 2. The van der Waals surface area contributed by atoms with E-state index in [9.17, 15) is 15.5 Å². The molecule has 142 valence electrons. The molecular weight excluding hydrogens is 500 g/mol. The van der Waals surface area contributed by atoms with Crippen molar-refractivity contribution >= 4 is 54.8 Å². The molecule has 29 heavy (non-hydrogen) atoms. The fourth-order valence-corrected chi connectivity index (χ4v) is 4.01. The first-order chi connectivity index (χ1) is 14.0. The van der Waals surface area contributed by atoms with E-state index in [1.807, 2.05) is 30.3 Å². The Balaban J connectivity index is 1.70. The minimum atomic E-state index is -0.104. The minimum Gasteiger partial charge on any atom is -0.506 e. The van der Waals surface area contributed by atoms with E-state index in [-0.39, 0.29) is 16.0 Å². The summed E-state index contributed by atoms with van der Waals surface area (Å²) in [7, 11) is 0. The van der Waals surface area contributed by atoms with Gasteiger partial charge in [-0.2, -0.15) is 5.26 Å². The second-order valence-electron chi connectivity index (χ2n) is 6.16. The van der Waals surface area contributed by atoms with Crippen molar-refractivity contribution in [2.24, 2.45) is 4.99 Å². The molecule has 4 rings (SSSR count). The van der Waals surface area contributed by atoms with Gasteiger partial charge in [0.2, 0.25) is 0 Å². The van der Waals surface area contributed by atoms with Gasteiger partial charge in [-0.3, -0.25) is 4.99 Å². The van der Waals surface area contributed by atoms with E-state index in [0.29, 0.717) is 27.1 Å². The van der Waals surface area contributed by atoms with Crippen molar-refractivity contribution in [3.63, 3.8) is 0 Å². The van der Waals surface area contributed by atoms with Gasteiger partial charge in [0.05, 0.1) is 32.8 Å². The van der Waals surface area contributed by atoms with Gasteiger partial charge < -0.3 is 15.2 Å². The number of aromatic nitrogens is 2. The highest BCUT2D eigenvalue weighted by molar-refractivity contribution is 9.11. The molecule has 0 saturated heterocycles. The number of rotatable bonds is 3. The van der Waals surface area contributed by atoms with E-state index in [2.05, 4.69) is 52.9 Å². The van der Waals surface area contributed by atoms with Crippen molar-refractivity contribution in [3.8, 4) is 29.0 Å². The van der Waals surface area contributed by atoms with E-state index in [4.69, 9.17) is 0 Å². The van der Waals surface area contributed by atoms with Crippen LogP contribution < -0.4 is 0 Å². The predicted molar refractivity (Wildman–Crippen MR) is 119 cm³/mol. The molecule has 0 amide bonds. The van der Waals surface area contributed by atoms with Crippen molar-refractivity contribution in [1.29, 1.82) is 5.26 Å². The summed E-state index contributed by atoms with van der Waals surface area (Å²) in [6.07, 6.45) is 1.51. The van der Waals surface area contributed by atoms with Crippen molar-refractivity contribution in [1.82, 2.24) is 9.97 Å². The molecule has 0 aliphatic carbocycles. The largest absolute Gasteiger partial charge is 0.506 e. The summed E-state index contributed by atoms with van der Waals surface area (Å²) in [5.74, 6) is 0.429. The highest BCUT2D eigenvalue weighted by Gasteiger charge is 2.13. The molecule has 1 aromatic heterocycles. The third-order valence-corrected chi connectivity index (χ3v) is 5.67. The van der Waals surface area contributed by atoms with Gasteiger partial charge in [-0.15, -0.1) is 0 Å². The quantitative estimate of drug-likeness (QED) is 0.303. The lowest BCUT2D eigenvalue weighted by atomic mass is 10.1. The summed E-state index contributed by atoms with van der Waals surface area (Å²) < 4.78 is 0.631. The number of nitriles is 1. The van der Waals surface area contributed by atoms with Crippen LogP contribution in [0.1, 0.15) is 11.1 Å². The molecule has 0 bridgehead atoms. The van der Waals surface area contributed by atoms with Gasteiger partial charge >= 0.3 is 0 Å². The molecular formula is C21H12Br2N4O2. The molecule has 4 aromatic rings. The molecule has 0 radical (unpaired) electrons. The number of hydrogen-bond acceptors (Lipinski definition) is 5. The Morgan fingerprint density at radius 3 is 2.66 bits per heavy atom. The van der Waals surface area contributed by atoms with Crippen LogP contribution in [0.2, 0.25) is 0 Å². The second-order valence-corrected chi connectivity index (χ2v) is 7.81. The smallest absolute Gasteiger partial charge is 0.147 e. The SMILES string of the molecule is N#Cc1ccccc1-c1nc2ccc(N=Cc3cc(Br)c(O)c(Br)c3O)cc2[nH]1. The standard InChI is InChI=1S/C21H12Br2N4O2/c22-15-7-12(19(28)18(23)20(15)29)10-25-13-5-6-16-17(8-13)27-21(26-16)14-4-2-1-3-11(14)9-24/h1-8,10,28-29H,(H,26,27). The molecule has 3 aromatic carbocycles. The molecule has 3 N–H and O–H groups in total. The summed E-state index contributed by atoms with van der Waals surface area (Å²) in [5.41, 5.74) is 3.91. The van der Waals surface area contributed by atoms with E-state index < -0.39 is 0 Å². The van der Waals surface area contributed by atoms with E-state index in [1.54, 1.807) is 18.2 Å². The number of aromatic amines is 1. The summed E-state index contributed by atoms with van der Waals surface area (Å²) in [6.45, 7) is 0. The van der Waals surface area contributed by atoms with Crippen LogP contribution >= 0.6 is 31.9 Å². The number of H-pyrrole nitrogens is 1. The minimum absolute atomic E-state index is 0.0799. The molecule has 0 aliphatic heterocycles. The average Bonchev–Trinajstić information content (AvgIpc) is 3.17.